The van der Waals surface area contributed by atoms with Gasteiger partial charge in [0.25, 0.3) is 0 Å². The molecular weight excluding hydrogens is 258 g/mol. The first-order valence-electron chi connectivity index (χ1n) is 8.30. The number of pyridine rings is 1. The van der Waals surface area contributed by atoms with Crippen molar-refractivity contribution in [3.05, 3.63) is 23.4 Å². The molecule has 2 rings (SSSR count). The molecular formula is C18H31N3. The first-order chi connectivity index (χ1) is 9.86. The van der Waals surface area contributed by atoms with Crippen LogP contribution in [0.4, 0.5) is 5.82 Å². The molecule has 1 aromatic heterocycles. The Labute approximate surface area is 130 Å². The Bertz CT molecular complexity index is 471. The summed E-state index contributed by atoms with van der Waals surface area (Å²) in [5, 5.41) is 0. The van der Waals surface area contributed by atoms with Crippen LogP contribution in [-0.4, -0.2) is 42.6 Å². The predicted octanol–water partition coefficient (Wildman–Crippen LogP) is 3.47. The van der Waals surface area contributed by atoms with E-state index in [4.69, 9.17) is 4.98 Å². The Morgan fingerprint density at radius 3 is 2.29 bits per heavy atom. The Balaban J connectivity index is 2.17. The third-order valence-corrected chi connectivity index (χ3v) is 5.36. The molecule has 0 radical (unpaired) electrons. The highest BCUT2D eigenvalue weighted by atomic mass is 15.3. The van der Waals surface area contributed by atoms with E-state index in [0.717, 1.165) is 32.7 Å². The lowest BCUT2D eigenvalue weighted by molar-refractivity contribution is 0.270. The minimum absolute atomic E-state index is 0.178. The molecule has 3 heteroatoms. The molecule has 0 atom stereocenters. The molecule has 2 heterocycles. The summed E-state index contributed by atoms with van der Waals surface area (Å²) in [4.78, 5) is 9.75. The fourth-order valence-corrected chi connectivity index (χ4v) is 2.86. The van der Waals surface area contributed by atoms with Gasteiger partial charge in [0, 0.05) is 32.4 Å². The lowest BCUT2D eigenvalue weighted by atomic mass is 9.75. The van der Waals surface area contributed by atoms with Gasteiger partial charge in [0.1, 0.15) is 5.82 Å². The van der Waals surface area contributed by atoms with E-state index in [1.807, 2.05) is 0 Å². The molecule has 1 aliphatic rings. The third-order valence-electron chi connectivity index (χ3n) is 5.36. The number of piperazine rings is 1. The predicted molar refractivity (Wildman–Crippen MR) is 91.2 cm³/mol. The van der Waals surface area contributed by atoms with Crippen LogP contribution in [0.5, 0.6) is 0 Å². The van der Waals surface area contributed by atoms with Crippen molar-refractivity contribution >= 4 is 5.82 Å². The summed E-state index contributed by atoms with van der Waals surface area (Å²) in [6.45, 7) is 19.3. The lowest BCUT2D eigenvalue weighted by Gasteiger charge is -2.36. The highest BCUT2D eigenvalue weighted by Crippen LogP contribution is 2.33. The van der Waals surface area contributed by atoms with Crippen LogP contribution in [0.3, 0.4) is 0 Å². The second-order valence-corrected chi connectivity index (χ2v) is 7.16. The van der Waals surface area contributed by atoms with Crippen molar-refractivity contribution in [2.75, 3.05) is 37.6 Å². The lowest BCUT2D eigenvalue weighted by Crippen LogP contribution is -2.46. The second-order valence-electron chi connectivity index (χ2n) is 7.16. The van der Waals surface area contributed by atoms with Gasteiger partial charge in [0.15, 0.2) is 0 Å². The van der Waals surface area contributed by atoms with Crippen molar-refractivity contribution in [3.63, 3.8) is 0 Å². The molecule has 0 unspecified atom stereocenters. The summed E-state index contributed by atoms with van der Waals surface area (Å²) in [6.07, 6.45) is 2.09. The molecule has 0 bridgehead atoms. The first kappa shape index (κ1) is 16.3. The van der Waals surface area contributed by atoms with Crippen molar-refractivity contribution in [1.29, 1.82) is 0 Å². The zero-order valence-corrected chi connectivity index (χ0v) is 14.6. The fourth-order valence-electron chi connectivity index (χ4n) is 2.86. The van der Waals surface area contributed by atoms with Crippen LogP contribution < -0.4 is 4.90 Å². The van der Waals surface area contributed by atoms with Crippen LogP contribution >= 0.6 is 0 Å². The number of aryl methyl sites for hydroxylation is 1. The van der Waals surface area contributed by atoms with E-state index in [0.29, 0.717) is 5.92 Å². The largest absolute Gasteiger partial charge is 0.354 e. The maximum absolute atomic E-state index is 4.81. The highest BCUT2D eigenvalue weighted by molar-refractivity contribution is 5.48. The van der Waals surface area contributed by atoms with Gasteiger partial charge in [-0.05, 0) is 35.9 Å². The van der Waals surface area contributed by atoms with Crippen LogP contribution in [-0.2, 0) is 5.41 Å². The van der Waals surface area contributed by atoms with Gasteiger partial charge >= 0.3 is 0 Å². The zero-order valence-electron chi connectivity index (χ0n) is 14.6. The van der Waals surface area contributed by atoms with E-state index in [1.165, 1.54) is 16.9 Å². The van der Waals surface area contributed by atoms with E-state index < -0.39 is 0 Å². The average Bonchev–Trinajstić information content (AvgIpc) is 2.47. The topological polar surface area (TPSA) is 19.4 Å². The van der Waals surface area contributed by atoms with Crippen molar-refractivity contribution in [2.24, 2.45) is 5.92 Å². The van der Waals surface area contributed by atoms with Gasteiger partial charge in [-0.25, -0.2) is 4.98 Å². The maximum atomic E-state index is 4.81. The molecule has 1 aliphatic heterocycles. The summed E-state index contributed by atoms with van der Waals surface area (Å²) in [5.41, 5.74) is 2.84. The Morgan fingerprint density at radius 2 is 1.81 bits per heavy atom. The van der Waals surface area contributed by atoms with E-state index in [-0.39, 0.29) is 5.41 Å². The molecule has 21 heavy (non-hydrogen) atoms. The van der Waals surface area contributed by atoms with Crippen LogP contribution in [0.15, 0.2) is 12.3 Å². The Hall–Kier alpha value is -1.09. The second kappa shape index (κ2) is 6.35. The van der Waals surface area contributed by atoms with Crippen molar-refractivity contribution < 1.29 is 0 Å². The molecule has 1 saturated heterocycles. The summed E-state index contributed by atoms with van der Waals surface area (Å²) < 4.78 is 0. The standard InChI is InChI=1S/C18H31N3/c1-7-20-8-10-21(11-9-20)17-15(4)12-16(13-19-17)18(5,6)14(2)3/h12-14H,7-11H2,1-6H3. The number of nitrogens with zero attached hydrogens (tertiary/aromatic N) is 3. The molecule has 0 amide bonds. The maximum Gasteiger partial charge on any atom is 0.131 e. The molecule has 0 aromatic carbocycles. The highest BCUT2D eigenvalue weighted by Gasteiger charge is 2.26. The fraction of sp³-hybridized carbons (Fsp3) is 0.722. The molecule has 0 aliphatic carbocycles. The molecule has 118 valence electrons. The average molecular weight is 289 g/mol. The van der Waals surface area contributed by atoms with Gasteiger partial charge in [0.2, 0.25) is 0 Å². The van der Waals surface area contributed by atoms with E-state index in [9.17, 15) is 0 Å². The quantitative estimate of drug-likeness (QED) is 0.846. The van der Waals surface area contributed by atoms with Gasteiger partial charge in [-0.2, -0.15) is 0 Å². The van der Waals surface area contributed by atoms with Crippen LogP contribution in [0.2, 0.25) is 0 Å². The zero-order chi connectivity index (χ0) is 15.6. The van der Waals surface area contributed by atoms with Gasteiger partial charge in [0.05, 0.1) is 0 Å². The summed E-state index contributed by atoms with van der Waals surface area (Å²) in [5.74, 6) is 1.78. The monoisotopic (exact) mass is 289 g/mol. The van der Waals surface area contributed by atoms with Crippen LogP contribution in [0.1, 0.15) is 45.7 Å². The summed E-state index contributed by atoms with van der Waals surface area (Å²) >= 11 is 0. The van der Waals surface area contributed by atoms with E-state index in [2.05, 4.69) is 63.6 Å². The van der Waals surface area contributed by atoms with Crippen LogP contribution in [0.25, 0.3) is 0 Å². The third kappa shape index (κ3) is 3.39. The Kier molecular flexibility index (Phi) is 4.92. The number of hydrogen-bond acceptors (Lipinski definition) is 3. The van der Waals surface area contributed by atoms with Crippen molar-refractivity contribution in [1.82, 2.24) is 9.88 Å². The van der Waals surface area contributed by atoms with E-state index in [1.54, 1.807) is 0 Å². The van der Waals surface area contributed by atoms with Gasteiger partial charge in [-0.1, -0.05) is 40.7 Å². The molecule has 3 nitrogen and oxygen atoms in total. The molecule has 0 N–H and O–H groups in total. The molecule has 0 saturated carbocycles. The van der Waals surface area contributed by atoms with Crippen LogP contribution in [0, 0.1) is 12.8 Å². The van der Waals surface area contributed by atoms with Gasteiger partial charge in [-0.3, -0.25) is 0 Å². The van der Waals surface area contributed by atoms with Gasteiger partial charge in [-0.15, -0.1) is 0 Å². The first-order valence-corrected chi connectivity index (χ1v) is 8.30. The number of rotatable bonds is 4. The van der Waals surface area contributed by atoms with Crippen molar-refractivity contribution in [2.45, 2.75) is 47.0 Å². The van der Waals surface area contributed by atoms with Gasteiger partial charge < -0.3 is 9.80 Å². The normalized spacial score (nSPS) is 17.6. The Morgan fingerprint density at radius 1 is 1.19 bits per heavy atom. The molecule has 1 fully saturated rings. The van der Waals surface area contributed by atoms with E-state index >= 15 is 0 Å². The number of hydrogen-bond donors (Lipinski definition) is 0. The molecule has 1 aromatic rings. The number of aromatic nitrogens is 1. The molecule has 0 spiro atoms. The smallest absolute Gasteiger partial charge is 0.131 e. The minimum atomic E-state index is 0.178. The number of anilines is 1. The summed E-state index contributed by atoms with van der Waals surface area (Å²) in [7, 11) is 0. The summed E-state index contributed by atoms with van der Waals surface area (Å²) in [6, 6.07) is 2.34. The van der Waals surface area contributed by atoms with Crippen molar-refractivity contribution in [3.8, 4) is 0 Å². The number of likely N-dealkylation sites (N-methyl/N-ethyl adjacent to an activating group) is 1. The SMILES string of the molecule is CCN1CCN(c2ncc(C(C)(C)C(C)C)cc2C)CC1. The minimum Gasteiger partial charge on any atom is -0.354 e.